The summed E-state index contributed by atoms with van der Waals surface area (Å²) in [6, 6.07) is 13.7. The predicted molar refractivity (Wildman–Crippen MR) is 139 cm³/mol. The number of carbonyl (C=O) groups excluding carboxylic acids is 2. The Balaban J connectivity index is 1.42. The molecule has 1 aromatic carbocycles. The Hall–Kier alpha value is -3.10. The average molecular weight is 505 g/mol. The molecule has 186 valence electrons. The number of benzene rings is 1. The number of rotatable bonds is 8. The summed E-state index contributed by atoms with van der Waals surface area (Å²) >= 11 is 1.31. The van der Waals surface area contributed by atoms with Gasteiger partial charge in [0, 0.05) is 49.1 Å². The number of Topliss-reactive ketones (excluding diaryl/α,β-unsaturated/α-hetero) is 1. The van der Waals surface area contributed by atoms with Gasteiger partial charge in [0.2, 0.25) is 0 Å². The van der Waals surface area contributed by atoms with Gasteiger partial charge in [-0.2, -0.15) is 5.10 Å². The number of halogens is 1. The number of thioether (sulfide) groups is 1. The minimum absolute atomic E-state index is 0.00279. The molecule has 0 N–H and O–H groups in total. The van der Waals surface area contributed by atoms with Crippen molar-refractivity contribution in [3.8, 4) is 0 Å². The summed E-state index contributed by atoms with van der Waals surface area (Å²) < 4.78 is 16.7. The van der Waals surface area contributed by atoms with Crippen LogP contribution in [0.15, 0.2) is 66.5 Å². The van der Waals surface area contributed by atoms with Crippen molar-refractivity contribution >= 4 is 28.7 Å². The summed E-state index contributed by atoms with van der Waals surface area (Å²) in [6.07, 6.45) is 8.13. The van der Waals surface area contributed by atoms with E-state index in [2.05, 4.69) is 15.0 Å². The molecule has 0 spiro atoms. The third-order valence-electron chi connectivity index (χ3n) is 6.64. The monoisotopic (exact) mass is 504 g/mol. The smallest absolute Gasteiger partial charge is 0.186 e. The van der Waals surface area contributed by atoms with Crippen LogP contribution >= 0.6 is 11.8 Å². The molecule has 1 aliphatic heterocycles. The number of ketones is 1. The van der Waals surface area contributed by atoms with Gasteiger partial charge < -0.3 is 0 Å². The molecule has 36 heavy (non-hydrogen) atoms. The molecule has 2 aromatic heterocycles. The fraction of sp³-hybridized carbons (Fsp3) is 0.357. The lowest BCUT2D eigenvalue weighted by Gasteiger charge is -2.38. The highest BCUT2D eigenvalue weighted by molar-refractivity contribution is 8.14. The first-order valence-corrected chi connectivity index (χ1v) is 13.2. The molecule has 3 aromatic rings. The fourth-order valence-corrected chi connectivity index (χ4v) is 5.70. The van der Waals surface area contributed by atoms with E-state index >= 15 is 0 Å². The van der Waals surface area contributed by atoms with E-state index in [1.54, 1.807) is 31.3 Å². The molecule has 3 heterocycles. The fourth-order valence-electron chi connectivity index (χ4n) is 4.79. The van der Waals surface area contributed by atoms with Gasteiger partial charge in [-0.1, -0.05) is 36.0 Å². The van der Waals surface area contributed by atoms with Crippen molar-refractivity contribution in [1.82, 2.24) is 19.7 Å². The molecule has 1 saturated heterocycles. The zero-order valence-electron chi connectivity index (χ0n) is 20.2. The third-order valence-corrected chi connectivity index (χ3v) is 7.80. The van der Waals surface area contributed by atoms with E-state index in [0.29, 0.717) is 31.6 Å². The number of aromatic nitrogens is 3. The van der Waals surface area contributed by atoms with Crippen LogP contribution in [-0.4, -0.2) is 48.9 Å². The Morgan fingerprint density at radius 1 is 1.14 bits per heavy atom. The molecular weight excluding hydrogens is 475 g/mol. The van der Waals surface area contributed by atoms with Gasteiger partial charge in [0.1, 0.15) is 5.82 Å². The van der Waals surface area contributed by atoms with Crippen molar-refractivity contribution in [2.75, 3.05) is 13.1 Å². The van der Waals surface area contributed by atoms with Crippen LogP contribution in [0.5, 0.6) is 0 Å². The van der Waals surface area contributed by atoms with Gasteiger partial charge in [-0.25, -0.2) is 4.39 Å². The number of hydrogen-bond donors (Lipinski definition) is 0. The van der Waals surface area contributed by atoms with Gasteiger partial charge >= 0.3 is 0 Å². The Kier molecular flexibility index (Phi) is 7.43. The highest BCUT2D eigenvalue weighted by Crippen LogP contribution is 2.40. The standard InChI is InChI=1S/C28H29FN4O2S/c1-19(34)36-26-12-14-32(27(28(35)20-9-10-20)24-7-2-3-8-25(24)29)17-21(26)16-22-11-15-33(31-22)18-23-6-4-5-13-30-23/h2-8,11,13,15-16,20,26-27H,9-10,12,14,17-18H2,1H3/b21-16-. The van der Waals surface area contributed by atoms with Crippen molar-refractivity contribution in [3.63, 3.8) is 0 Å². The highest BCUT2D eigenvalue weighted by atomic mass is 32.2. The first-order chi connectivity index (χ1) is 17.5. The van der Waals surface area contributed by atoms with Gasteiger partial charge in [-0.15, -0.1) is 0 Å². The van der Waals surface area contributed by atoms with Crippen molar-refractivity contribution in [2.24, 2.45) is 5.92 Å². The zero-order chi connectivity index (χ0) is 25.1. The van der Waals surface area contributed by atoms with E-state index in [-0.39, 0.29) is 27.9 Å². The van der Waals surface area contributed by atoms with Crippen LogP contribution < -0.4 is 0 Å². The normalized spacial score (nSPS) is 20.4. The summed E-state index contributed by atoms with van der Waals surface area (Å²) in [5.74, 6) is -0.249. The van der Waals surface area contributed by atoms with Crippen molar-refractivity contribution < 1.29 is 14.0 Å². The molecule has 2 fully saturated rings. The summed E-state index contributed by atoms with van der Waals surface area (Å²) in [7, 11) is 0. The quantitative estimate of drug-likeness (QED) is 0.434. The molecule has 6 nitrogen and oxygen atoms in total. The molecule has 5 rings (SSSR count). The third kappa shape index (κ3) is 5.82. The van der Waals surface area contributed by atoms with Crippen LogP contribution in [0.4, 0.5) is 4.39 Å². The number of nitrogens with zero attached hydrogens (tertiary/aromatic N) is 4. The Morgan fingerprint density at radius 2 is 1.94 bits per heavy atom. The summed E-state index contributed by atoms with van der Waals surface area (Å²) in [6.45, 7) is 3.24. The lowest BCUT2D eigenvalue weighted by atomic mass is 9.93. The van der Waals surface area contributed by atoms with E-state index in [1.807, 2.05) is 41.2 Å². The summed E-state index contributed by atoms with van der Waals surface area (Å²) in [4.78, 5) is 31.8. The molecular formula is C28H29FN4O2S. The Morgan fingerprint density at radius 3 is 2.67 bits per heavy atom. The Bertz CT molecular complexity index is 1270. The number of piperidine rings is 1. The number of likely N-dealkylation sites (tertiary alicyclic amines) is 1. The maximum Gasteiger partial charge on any atom is 0.186 e. The maximum absolute atomic E-state index is 14.9. The largest absolute Gasteiger partial charge is 0.297 e. The van der Waals surface area contributed by atoms with Gasteiger partial charge in [0.05, 0.1) is 24.0 Å². The summed E-state index contributed by atoms with van der Waals surface area (Å²) in [5, 5.41) is 4.74. The minimum Gasteiger partial charge on any atom is -0.297 e. The molecule has 1 aliphatic carbocycles. The van der Waals surface area contributed by atoms with E-state index in [4.69, 9.17) is 0 Å². The first-order valence-electron chi connectivity index (χ1n) is 12.3. The number of pyridine rings is 1. The van der Waals surface area contributed by atoms with E-state index in [1.165, 1.54) is 17.8 Å². The SMILES string of the molecule is CC(=O)SC1CCN(C(C(=O)C2CC2)c2ccccc2F)C/C1=C/c1ccn(Cc2ccccn2)n1. The van der Waals surface area contributed by atoms with Gasteiger partial charge in [-0.3, -0.25) is 24.2 Å². The predicted octanol–water partition coefficient (Wildman–Crippen LogP) is 4.92. The lowest BCUT2D eigenvalue weighted by molar-refractivity contribution is -0.126. The van der Waals surface area contributed by atoms with Crippen LogP contribution in [0.2, 0.25) is 0 Å². The second-order valence-electron chi connectivity index (χ2n) is 9.44. The zero-order valence-corrected chi connectivity index (χ0v) is 21.0. The van der Waals surface area contributed by atoms with Crippen molar-refractivity contribution in [2.45, 2.75) is 44.0 Å². The minimum atomic E-state index is -0.618. The van der Waals surface area contributed by atoms with E-state index < -0.39 is 6.04 Å². The van der Waals surface area contributed by atoms with Gasteiger partial charge in [-0.05, 0) is 55.2 Å². The molecule has 0 amide bonds. The molecule has 8 heteroatoms. The number of hydrogen-bond acceptors (Lipinski definition) is 6. The molecule has 0 radical (unpaired) electrons. The van der Waals surface area contributed by atoms with Crippen LogP contribution in [0.3, 0.4) is 0 Å². The maximum atomic E-state index is 14.9. The average Bonchev–Trinajstić information content (AvgIpc) is 3.63. The van der Waals surface area contributed by atoms with Crippen molar-refractivity contribution in [3.05, 3.63) is 89.3 Å². The van der Waals surface area contributed by atoms with Crippen LogP contribution in [0.1, 0.15) is 49.2 Å². The second kappa shape index (κ2) is 10.9. The van der Waals surface area contributed by atoms with E-state index in [0.717, 1.165) is 29.8 Å². The van der Waals surface area contributed by atoms with E-state index in [9.17, 15) is 14.0 Å². The molecule has 0 bridgehead atoms. The van der Waals surface area contributed by atoms with Gasteiger partial charge in [0.15, 0.2) is 10.9 Å². The van der Waals surface area contributed by atoms with Crippen molar-refractivity contribution in [1.29, 1.82) is 0 Å². The number of carbonyl (C=O) groups is 2. The topological polar surface area (TPSA) is 68.1 Å². The highest BCUT2D eigenvalue weighted by Gasteiger charge is 2.41. The molecule has 1 saturated carbocycles. The Labute approximate surface area is 214 Å². The lowest BCUT2D eigenvalue weighted by Crippen LogP contribution is -2.43. The summed E-state index contributed by atoms with van der Waals surface area (Å²) in [5.41, 5.74) is 3.16. The molecule has 2 aliphatic rings. The first kappa shape index (κ1) is 24.6. The molecule has 2 unspecified atom stereocenters. The molecule has 2 atom stereocenters. The van der Waals surface area contributed by atoms with Crippen LogP contribution in [0, 0.1) is 11.7 Å². The van der Waals surface area contributed by atoms with Crippen LogP contribution in [0.25, 0.3) is 6.08 Å². The van der Waals surface area contributed by atoms with Gasteiger partial charge in [0.25, 0.3) is 0 Å². The second-order valence-corrected chi connectivity index (χ2v) is 10.8. The van der Waals surface area contributed by atoms with Crippen LogP contribution in [-0.2, 0) is 16.1 Å².